The third-order valence-electron chi connectivity index (χ3n) is 8.76. The van der Waals surface area contributed by atoms with Gasteiger partial charge in [0.25, 0.3) is 0 Å². The molecule has 11 nitrogen and oxygen atoms in total. The molecule has 7 atom stereocenters. The quantitative estimate of drug-likeness (QED) is 0.178. The van der Waals surface area contributed by atoms with Crippen molar-refractivity contribution in [1.29, 1.82) is 0 Å². The second kappa shape index (κ2) is 17.1. The van der Waals surface area contributed by atoms with Crippen molar-refractivity contribution in [2.24, 2.45) is 11.8 Å². The number of aliphatic hydroxyl groups is 1. The normalized spacial score (nSPS) is 26.5. The number of anilines is 1. The van der Waals surface area contributed by atoms with Crippen LogP contribution in [0.2, 0.25) is 0 Å². The van der Waals surface area contributed by atoms with Crippen LogP contribution in [0.4, 0.5) is 10.5 Å². The van der Waals surface area contributed by atoms with Gasteiger partial charge in [0.15, 0.2) is 24.6 Å². The Morgan fingerprint density at radius 2 is 1.39 bits per heavy atom. The standard InChI is InChI=1S/C38H43NO10/c1-24-13-12-20-29(44-2)31(24)39-38(43)49-32-30(23-40)46-37(45-3)34-33(32)47-35(41)27(21-25-14-6-4-7-15-25)18-10-11-19-28(36(42)48-34)22-26-16-8-5-9-17-26/h4-17,20,27-28,30,32-34,37,40H,18-19,21-23H2,1-3H3,(H,39,43)/b11-10+/t27-,28-,30+,32+,33-,34+,37-/m0/s1. The predicted molar refractivity (Wildman–Crippen MR) is 180 cm³/mol. The highest BCUT2D eigenvalue weighted by molar-refractivity contribution is 5.88. The van der Waals surface area contributed by atoms with Crippen LogP contribution in [0.1, 0.15) is 29.5 Å². The van der Waals surface area contributed by atoms with Crippen molar-refractivity contribution in [1.82, 2.24) is 0 Å². The molecule has 0 saturated carbocycles. The first-order valence-electron chi connectivity index (χ1n) is 16.4. The molecule has 2 aliphatic rings. The minimum absolute atomic E-state index is 0.338. The van der Waals surface area contributed by atoms with Gasteiger partial charge >= 0.3 is 18.0 Å². The maximum Gasteiger partial charge on any atom is 0.412 e. The summed E-state index contributed by atoms with van der Waals surface area (Å²) in [6.07, 6.45) is -2.24. The fourth-order valence-electron chi connectivity index (χ4n) is 6.15. The molecule has 0 bridgehead atoms. The number of methoxy groups -OCH3 is 2. The van der Waals surface area contributed by atoms with Crippen LogP contribution in [0.3, 0.4) is 0 Å². The van der Waals surface area contributed by atoms with E-state index >= 15 is 0 Å². The minimum Gasteiger partial charge on any atom is -0.495 e. The number of amides is 1. The fourth-order valence-corrected chi connectivity index (χ4v) is 6.15. The van der Waals surface area contributed by atoms with Crippen LogP contribution in [0.5, 0.6) is 5.75 Å². The van der Waals surface area contributed by atoms with E-state index in [4.69, 9.17) is 28.4 Å². The van der Waals surface area contributed by atoms with Gasteiger partial charge in [-0.2, -0.15) is 0 Å². The molecule has 2 N–H and O–H groups in total. The Kier molecular flexibility index (Phi) is 12.4. The number of benzene rings is 3. The van der Waals surface area contributed by atoms with E-state index in [0.29, 0.717) is 42.7 Å². The highest BCUT2D eigenvalue weighted by atomic mass is 16.7. The second-order valence-corrected chi connectivity index (χ2v) is 12.1. The minimum atomic E-state index is -1.39. The number of rotatable bonds is 9. The first-order valence-corrected chi connectivity index (χ1v) is 16.4. The molecular weight excluding hydrogens is 630 g/mol. The number of nitrogens with one attached hydrogen (secondary N) is 1. The van der Waals surface area contributed by atoms with E-state index in [1.54, 1.807) is 25.1 Å². The zero-order chi connectivity index (χ0) is 34.8. The van der Waals surface area contributed by atoms with Crippen LogP contribution in [-0.4, -0.2) is 74.7 Å². The Hall–Kier alpha value is -4.71. The SMILES string of the molecule is COc1cccc(C)c1NC(=O)O[C@H]1[C@@H]2OC(=O)[C@H](Cc3ccccc3)C/C=C/C[C@@H](Cc3ccccc3)C(=O)O[C@H]2[C@@H](OC)O[C@@H]1CO. The Labute approximate surface area is 286 Å². The molecule has 2 aliphatic heterocycles. The summed E-state index contributed by atoms with van der Waals surface area (Å²) in [5, 5.41) is 13.1. The molecule has 1 fully saturated rings. The molecular formula is C38H43NO10. The molecule has 0 aliphatic carbocycles. The molecule has 0 radical (unpaired) electrons. The zero-order valence-corrected chi connectivity index (χ0v) is 27.9. The summed E-state index contributed by atoms with van der Waals surface area (Å²) in [4.78, 5) is 41.3. The van der Waals surface area contributed by atoms with E-state index in [1.807, 2.05) is 72.8 Å². The summed E-state index contributed by atoms with van der Waals surface area (Å²) in [5.41, 5.74) is 2.96. The third kappa shape index (κ3) is 9.05. The van der Waals surface area contributed by atoms with E-state index in [0.717, 1.165) is 11.1 Å². The number of hydrogen-bond donors (Lipinski definition) is 2. The highest BCUT2D eigenvalue weighted by Crippen LogP contribution is 2.33. The van der Waals surface area contributed by atoms with E-state index in [9.17, 15) is 19.5 Å². The number of carbonyl (C=O) groups excluding carboxylic acids is 3. The number of esters is 2. The molecule has 260 valence electrons. The zero-order valence-electron chi connectivity index (χ0n) is 27.9. The predicted octanol–water partition coefficient (Wildman–Crippen LogP) is 5.18. The van der Waals surface area contributed by atoms with Crippen LogP contribution >= 0.6 is 0 Å². The lowest BCUT2D eigenvalue weighted by molar-refractivity contribution is -0.300. The van der Waals surface area contributed by atoms with Crippen LogP contribution in [0, 0.1) is 18.8 Å². The lowest BCUT2D eigenvalue weighted by Crippen LogP contribution is -2.63. The van der Waals surface area contributed by atoms with Crippen LogP contribution in [-0.2, 0) is 46.1 Å². The van der Waals surface area contributed by atoms with Gasteiger partial charge in [0.2, 0.25) is 0 Å². The number of fused-ring (bicyclic) bond motifs is 1. The molecule has 49 heavy (non-hydrogen) atoms. The number of aryl methyl sites for hydroxylation is 1. The molecule has 11 heteroatoms. The van der Waals surface area contributed by atoms with Crippen molar-refractivity contribution in [3.05, 3.63) is 108 Å². The third-order valence-corrected chi connectivity index (χ3v) is 8.76. The molecule has 3 aromatic rings. The Morgan fingerprint density at radius 1 is 0.816 bits per heavy atom. The van der Waals surface area contributed by atoms with Crippen molar-refractivity contribution in [3.63, 3.8) is 0 Å². The van der Waals surface area contributed by atoms with Gasteiger partial charge in [-0.05, 0) is 55.4 Å². The van der Waals surface area contributed by atoms with E-state index in [1.165, 1.54) is 14.2 Å². The molecule has 1 amide bonds. The number of allylic oxidation sites excluding steroid dienone is 2. The fraction of sp³-hybridized carbons (Fsp3) is 0.395. The van der Waals surface area contributed by atoms with Crippen LogP contribution in [0.15, 0.2) is 91.0 Å². The van der Waals surface area contributed by atoms with Crippen molar-refractivity contribution >= 4 is 23.7 Å². The lowest BCUT2D eigenvalue weighted by Gasteiger charge is -2.44. The van der Waals surface area contributed by atoms with Gasteiger partial charge < -0.3 is 33.5 Å². The first-order chi connectivity index (χ1) is 23.8. The number of para-hydroxylation sites is 1. The summed E-state index contributed by atoms with van der Waals surface area (Å²) in [5.74, 6) is -1.97. The Bertz CT molecular complexity index is 1580. The molecule has 0 spiro atoms. The van der Waals surface area contributed by atoms with Gasteiger partial charge in [-0.3, -0.25) is 14.9 Å². The maximum atomic E-state index is 14.0. The largest absolute Gasteiger partial charge is 0.495 e. The number of carbonyl (C=O) groups is 3. The van der Waals surface area contributed by atoms with Gasteiger partial charge in [-0.25, -0.2) is 4.79 Å². The first kappa shape index (κ1) is 35.6. The summed E-state index contributed by atoms with van der Waals surface area (Å²) in [7, 11) is 2.82. The van der Waals surface area contributed by atoms with Gasteiger partial charge in [0, 0.05) is 7.11 Å². The molecule has 1 saturated heterocycles. The lowest BCUT2D eigenvalue weighted by atomic mass is 9.92. The van der Waals surface area contributed by atoms with Crippen LogP contribution < -0.4 is 10.1 Å². The van der Waals surface area contributed by atoms with Crippen molar-refractivity contribution < 1.29 is 47.9 Å². The van der Waals surface area contributed by atoms with Gasteiger partial charge in [0.1, 0.15) is 11.9 Å². The van der Waals surface area contributed by atoms with Crippen molar-refractivity contribution in [2.75, 3.05) is 26.1 Å². The maximum absolute atomic E-state index is 14.0. The second-order valence-electron chi connectivity index (χ2n) is 12.1. The highest BCUT2D eigenvalue weighted by Gasteiger charge is 2.53. The summed E-state index contributed by atoms with van der Waals surface area (Å²) in [6.45, 7) is 1.17. The van der Waals surface area contributed by atoms with Crippen LogP contribution in [0.25, 0.3) is 0 Å². The van der Waals surface area contributed by atoms with Crippen molar-refractivity contribution in [3.8, 4) is 5.75 Å². The van der Waals surface area contributed by atoms with Gasteiger partial charge in [-0.15, -0.1) is 0 Å². The molecule has 0 aromatic heterocycles. The van der Waals surface area contributed by atoms with Gasteiger partial charge in [-0.1, -0.05) is 84.9 Å². The molecule has 5 rings (SSSR count). The number of hydrogen-bond acceptors (Lipinski definition) is 10. The summed E-state index contributed by atoms with van der Waals surface area (Å²) < 4.78 is 35.1. The summed E-state index contributed by atoms with van der Waals surface area (Å²) in [6, 6.07) is 24.4. The topological polar surface area (TPSA) is 139 Å². The average Bonchev–Trinajstić information content (AvgIpc) is 3.11. The van der Waals surface area contributed by atoms with Gasteiger partial charge in [0.05, 0.1) is 31.2 Å². The molecule has 0 unspecified atom stereocenters. The average molecular weight is 674 g/mol. The van der Waals surface area contributed by atoms with E-state index in [-0.39, 0.29) is 0 Å². The van der Waals surface area contributed by atoms with E-state index in [2.05, 4.69) is 5.32 Å². The number of aliphatic hydroxyl groups excluding tert-OH is 1. The summed E-state index contributed by atoms with van der Waals surface area (Å²) >= 11 is 0. The Balaban J connectivity index is 1.50. The molecule has 3 aromatic carbocycles. The number of ether oxygens (including phenoxy) is 6. The van der Waals surface area contributed by atoms with E-state index < -0.39 is 67.2 Å². The smallest absolute Gasteiger partial charge is 0.412 e. The monoisotopic (exact) mass is 673 g/mol. The molecule has 2 heterocycles. The van der Waals surface area contributed by atoms with Crippen molar-refractivity contribution in [2.45, 2.75) is 63.3 Å². The Morgan fingerprint density at radius 3 is 1.92 bits per heavy atom.